The summed E-state index contributed by atoms with van der Waals surface area (Å²) in [5, 5.41) is 7.16. The molecule has 74 valence electrons. The fourth-order valence-corrected chi connectivity index (χ4v) is 2.13. The van der Waals surface area contributed by atoms with Crippen LogP contribution >= 0.6 is 11.3 Å². The summed E-state index contributed by atoms with van der Waals surface area (Å²) in [6, 6.07) is 0. The minimum atomic E-state index is 0.496. The minimum absolute atomic E-state index is 0.496. The summed E-state index contributed by atoms with van der Waals surface area (Å²) in [5.41, 5.74) is 8.67. The van der Waals surface area contributed by atoms with Crippen molar-refractivity contribution in [1.29, 1.82) is 0 Å². The van der Waals surface area contributed by atoms with E-state index in [1.165, 1.54) is 0 Å². The first kappa shape index (κ1) is 9.36. The average Bonchev–Trinajstić information content (AvgIpc) is 2.75. The molecule has 0 fully saturated rings. The zero-order valence-corrected chi connectivity index (χ0v) is 9.01. The number of aryl methyl sites for hydroxylation is 1. The third kappa shape index (κ3) is 1.44. The predicted molar refractivity (Wildman–Crippen MR) is 56.9 cm³/mol. The highest BCUT2D eigenvalue weighted by Crippen LogP contribution is 2.25. The SMILES string of the molecule is Cc1c(-c2nc(CN)cs2)cnn1C. The van der Waals surface area contributed by atoms with Crippen LogP contribution in [0.3, 0.4) is 0 Å². The van der Waals surface area contributed by atoms with E-state index in [4.69, 9.17) is 5.73 Å². The first-order chi connectivity index (χ1) is 6.72. The largest absolute Gasteiger partial charge is 0.325 e. The Morgan fingerprint density at radius 1 is 1.57 bits per heavy atom. The van der Waals surface area contributed by atoms with Gasteiger partial charge in [-0.25, -0.2) is 4.98 Å². The van der Waals surface area contributed by atoms with Crippen molar-refractivity contribution in [2.75, 3.05) is 0 Å². The molecule has 0 radical (unpaired) electrons. The van der Waals surface area contributed by atoms with E-state index in [1.807, 2.05) is 30.2 Å². The van der Waals surface area contributed by atoms with Crippen LogP contribution in [0.2, 0.25) is 0 Å². The van der Waals surface area contributed by atoms with Crippen LogP contribution in [0.1, 0.15) is 11.4 Å². The van der Waals surface area contributed by atoms with E-state index in [9.17, 15) is 0 Å². The normalized spacial score (nSPS) is 10.8. The smallest absolute Gasteiger partial charge is 0.127 e. The number of aromatic nitrogens is 3. The van der Waals surface area contributed by atoms with Crippen LogP contribution in [0.5, 0.6) is 0 Å². The molecule has 0 atom stereocenters. The van der Waals surface area contributed by atoms with Gasteiger partial charge in [-0.2, -0.15) is 5.10 Å². The molecule has 0 spiro atoms. The quantitative estimate of drug-likeness (QED) is 0.809. The fraction of sp³-hybridized carbons (Fsp3) is 0.333. The molecule has 2 aromatic heterocycles. The highest BCUT2D eigenvalue weighted by Gasteiger charge is 2.09. The Morgan fingerprint density at radius 2 is 2.36 bits per heavy atom. The first-order valence-electron chi connectivity index (χ1n) is 4.36. The Bertz CT molecular complexity index is 443. The molecule has 0 saturated heterocycles. The number of hydrogen-bond acceptors (Lipinski definition) is 4. The van der Waals surface area contributed by atoms with Crippen molar-refractivity contribution in [2.24, 2.45) is 12.8 Å². The molecule has 0 aliphatic rings. The van der Waals surface area contributed by atoms with Crippen molar-refractivity contribution >= 4 is 11.3 Å². The number of rotatable bonds is 2. The van der Waals surface area contributed by atoms with E-state index in [-0.39, 0.29) is 0 Å². The third-order valence-electron chi connectivity index (χ3n) is 2.23. The molecule has 14 heavy (non-hydrogen) atoms. The maximum absolute atomic E-state index is 5.51. The van der Waals surface area contributed by atoms with Crippen LogP contribution in [0, 0.1) is 6.92 Å². The summed E-state index contributed by atoms with van der Waals surface area (Å²) in [6.45, 7) is 2.53. The lowest BCUT2D eigenvalue weighted by Gasteiger charge is -1.95. The zero-order valence-electron chi connectivity index (χ0n) is 8.19. The summed E-state index contributed by atoms with van der Waals surface area (Å²) in [7, 11) is 1.93. The van der Waals surface area contributed by atoms with Crippen LogP contribution in [-0.4, -0.2) is 14.8 Å². The standard InChI is InChI=1S/C9H12N4S/c1-6-8(4-11-13(6)2)9-12-7(3-10)5-14-9/h4-5H,3,10H2,1-2H3. The summed E-state index contributed by atoms with van der Waals surface area (Å²) < 4.78 is 1.85. The van der Waals surface area contributed by atoms with E-state index in [0.29, 0.717) is 6.54 Å². The van der Waals surface area contributed by atoms with Gasteiger partial charge in [0.2, 0.25) is 0 Å². The van der Waals surface area contributed by atoms with Crippen molar-refractivity contribution in [3.63, 3.8) is 0 Å². The fourth-order valence-electron chi connectivity index (χ4n) is 1.23. The van der Waals surface area contributed by atoms with Crippen LogP contribution in [0.15, 0.2) is 11.6 Å². The maximum Gasteiger partial charge on any atom is 0.127 e. The molecule has 0 aliphatic heterocycles. The zero-order chi connectivity index (χ0) is 10.1. The predicted octanol–water partition coefficient (Wildman–Crippen LogP) is 1.31. The molecule has 2 N–H and O–H groups in total. The Morgan fingerprint density at radius 3 is 2.86 bits per heavy atom. The maximum atomic E-state index is 5.51. The molecule has 0 saturated carbocycles. The molecule has 2 rings (SSSR count). The Hall–Kier alpha value is -1.20. The second kappa shape index (κ2) is 3.51. The Labute approximate surface area is 86.4 Å². The first-order valence-corrected chi connectivity index (χ1v) is 5.23. The molecule has 5 heteroatoms. The van der Waals surface area contributed by atoms with Crippen molar-refractivity contribution in [1.82, 2.24) is 14.8 Å². The number of thiazole rings is 1. The van der Waals surface area contributed by atoms with Crippen LogP contribution in [0.4, 0.5) is 0 Å². The van der Waals surface area contributed by atoms with Gasteiger partial charge in [0.15, 0.2) is 0 Å². The number of nitrogens with two attached hydrogens (primary N) is 1. The molecule has 2 aromatic rings. The molecule has 0 aromatic carbocycles. The molecule has 4 nitrogen and oxygen atoms in total. The second-order valence-electron chi connectivity index (χ2n) is 3.12. The molecule has 0 amide bonds. The summed E-state index contributed by atoms with van der Waals surface area (Å²) >= 11 is 1.61. The van der Waals surface area contributed by atoms with Gasteiger partial charge < -0.3 is 5.73 Å². The highest BCUT2D eigenvalue weighted by molar-refractivity contribution is 7.13. The van der Waals surface area contributed by atoms with Gasteiger partial charge >= 0.3 is 0 Å². The number of nitrogens with zero attached hydrogens (tertiary/aromatic N) is 3. The van der Waals surface area contributed by atoms with Crippen molar-refractivity contribution in [2.45, 2.75) is 13.5 Å². The van der Waals surface area contributed by atoms with Crippen LogP contribution in [0.25, 0.3) is 10.6 Å². The van der Waals surface area contributed by atoms with Gasteiger partial charge in [-0.15, -0.1) is 11.3 Å². The van der Waals surface area contributed by atoms with E-state index >= 15 is 0 Å². The minimum Gasteiger partial charge on any atom is -0.325 e. The highest BCUT2D eigenvalue weighted by atomic mass is 32.1. The van der Waals surface area contributed by atoms with Crippen molar-refractivity contribution in [3.8, 4) is 10.6 Å². The molecule has 0 aliphatic carbocycles. The van der Waals surface area contributed by atoms with E-state index in [1.54, 1.807) is 11.3 Å². The van der Waals surface area contributed by atoms with Gasteiger partial charge in [0.1, 0.15) is 5.01 Å². The lowest BCUT2D eigenvalue weighted by molar-refractivity contribution is 0.740. The van der Waals surface area contributed by atoms with Crippen molar-refractivity contribution in [3.05, 3.63) is 23.0 Å². The van der Waals surface area contributed by atoms with Crippen LogP contribution < -0.4 is 5.73 Å². The van der Waals surface area contributed by atoms with E-state index in [0.717, 1.165) is 22.0 Å². The topological polar surface area (TPSA) is 56.7 Å². The molecule has 0 bridgehead atoms. The van der Waals surface area contributed by atoms with Crippen molar-refractivity contribution < 1.29 is 0 Å². The third-order valence-corrected chi connectivity index (χ3v) is 3.15. The van der Waals surface area contributed by atoms with Gasteiger partial charge in [0.25, 0.3) is 0 Å². The Balaban J connectivity index is 2.44. The van der Waals surface area contributed by atoms with E-state index in [2.05, 4.69) is 10.1 Å². The second-order valence-corrected chi connectivity index (χ2v) is 3.97. The molecular weight excluding hydrogens is 196 g/mol. The lowest BCUT2D eigenvalue weighted by atomic mass is 10.3. The lowest BCUT2D eigenvalue weighted by Crippen LogP contribution is -1.96. The van der Waals surface area contributed by atoms with Gasteiger partial charge in [-0.05, 0) is 6.92 Å². The van der Waals surface area contributed by atoms with Crippen LogP contribution in [-0.2, 0) is 13.6 Å². The molecule has 2 heterocycles. The average molecular weight is 208 g/mol. The summed E-state index contributed by atoms with van der Waals surface area (Å²) in [5.74, 6) is 0. The van der Waals surface area contributed by atoms with Gasteiger partial charge in [0.05, 0.1) is 17.5 Å². The van der Waals surface area contributed by atoms with Gasteiger partial charge in [0, 0.05) is 24.7 Å². The molecular formula is C9H12N4S. The Kier molecular flexibility index (Phi) is 2.35. The number of hydrogen-bond donors (Lipinski definition) is 1. The summed E-state index contributed by atoms with van der Waals surface area (Å²) in [4.78, 5) is 4.41. The molecule has 0 unspecified atom stereocenters. The van der Waals surface area contributed by atoms with Gasteiger partial charge in [-0.3, -0.25) is 4.68 Å². The van der Waals surface area contributed by atoms with E-state index < -0.39 is 0 Å². The monoisotopic (exact) mass is 208 g/mol. The van der Waals surface area contributed by atoms with Gasteiger partial charge in [-0.1, -0.05) is 0 Å². The summed E-state index contributed by atoms with van der Waals surface area (Å²) in [6.07, 6.45) is 1.84.